The van der Waals surface area contributed by atoms with Gasteiger partial charge in [-0.2, -0.15) is 4.31 Å². The molecule has 29 heavy (non-hydrogen) atoms. The second kappa shape index (κ2) is 9.41. The predicted molar refractivity (Wildman–Crippen MR) is 114 cm³/mol. The molecule has 2 aromatic rings. The van der Waals surface area contributed by atoms with Crippen molar-refractivity contribution >= 4 is 44.2 Å². The highest BCUT2D eigenvalue weighted by Crippen LogP contribution is 2.29. The summed E-state index contributed by atoms with van der Waals surface area (Å²) in [6.45, 7) is 5.23. The van der Waals surface area contributed by atoms with E-state index in [2.05, 4.69) is 29.4 Å². The number of anilines is 1. The first-order valence-corrected chi connectivity index (χ1v) is 12.5. The molecular weight excluding hydrogens is 432 g/mol. The van der Waals surface area contributed by atoms with Gasteiger partial charge in [-0.05, 0) is 37.0 Å². The number of nitrogens with zero attached hydrogens (tertiary/aromatic N) is 3. The Hall–Kier alpha value is -1.69. The molecule has 3 rings (SSSR count). The second-order valence-corrected chi connectivity index (χ2v) is 11.2. The summed E-state index contributed by atoms with van der Waals surface area (Å²) >= 11 is 2.87. The van der Waals surface area contributed by atoms with Gasteiger partial charge in [0.25, 0.3) is 5.91 Å². The van der Waals surface area contributed by atoms with Crippen LogP contribution in [-0.2, 0) is 10.0 Å². The Morgan fingerprint density at radius 3 is 2.69 bits per heavy atom. The number of sulfonamides is 1. The average molecular weight is 457 g/mol. The molecule has 0 aliphatic carbocycles. The summed E-state index contributed by atoms with van der Waals surface area (Å²) in [6, 6.07) is 4.33. The predicted octanol–water partition coefficient (Wildman–Crippen LogP) is 3.33. The molecule has 0 spiro atoms. The maximum absolute atomic E-state index is 12.8. The lowest BCUT2D eigenvalue weighted by molar-refractivity contribution is 0.102. The van der Waals surface area contributed by atoms with E-state index >= 15 is 0 Å². The van der Waals surface area contributed by atoms with Crippen LogP contribution in [0.3, 0.4) is 0 Å². The molecular formula is C18H24N4O4S3. The lowest BCUT2D eigenvalue weighted by Gasteiger charge is -2.17. The molecule has 2 heterocycles. The van der Waals surface area contributed by atoms with Crippen molar-refractivity contribution < 1.29 is 17.9 Å². The molecule has 1 fully saturated rings. The van der Waals surface area contributed by atoms with Crippen LogP contribution < -0.4 is 10.1 Å². The van der Waals surface area contributed by atoms with Crippen molar-refractivity contribution in [2.45, 2.75) is 35.9 Å². The van der Waals surface area contributed by atoms with Crippen LogP contribution in [-0.4, -0.2) is 54.8 Å². The molecule has 1 saturated heterocycles. The highest BCUT2D eigenvalue weighted by Gasteiger charge is 2.28. The zero-order valence-electron chi connectivity index (χ0n) is 16.5. The number of hydrogen-bond acceptors (Lipinski definition) is 8. The van der Waals surface area contributed by atoms with Crippen LogP contribution in [0.2, 0.25) is 0 Å². The van der Waals surface area contributed by atoms with Gasteiger partial charge in [0.05, 0.1) is 17.6 Å². The molecule has 0 unspecified atom stereocenters. The van der Waals surface area contributed by atoms with E-state index in [9.17, 15) is 13.2 Å². The molecule has 1 aromatic heterocycles. The number of hydrogen-bond donors (Lipinski definition) is 1. The minimum absolute atomic E-state index is 0.0794. The van der Waals surface area contributed by atoms with E-state index in [1.165, 1.54) is 41.0 Å². The second-order valence-electron chi connectivity index (χ2n) is 7.01. The minimum Gasteiger partial charge on any atom is -0.496 e. The molecule has 1 amide bonds. The average Bonchev–Trinajstić information content (AvgIpc) is 3.38. The lowest BCUT2D eigenvalue weighted by atomic mass is 10.2. The Kier molecular flexibility index (Phi) is 7.14. The maximum Gasteiger partial charge on any atom is 0.261 e. The van der Waals surface area contributed by atoms with Crippen LogP contribution in [0.5, 0.6) is 5.75 Å². The number of rotatable bonds is 8. The van der Waals surface area contributed by atoms with Gasteiger partial charge in [0, 0.05) is 18.8 Å². The van der Waals surface area contributed by atoms with E-state index in [-0.39, 0.29) is 10.5 Å². The molecule has 0 saturated carbocycles. The Labute approximate surface area is 179 Å². The summed E-state index contributed by atoms with van der Waals surface area (Å²) < 4.78 is 33.1. The van der Waals surface area contributed by atoms with E-state index in [0.717, 1.165) is 22.9 Å². The molecule has 8 nitrogen and oxygen atoms in total. The first-order valence-electron chi connectivity index (χ1n) is 9.27. The van der Waals surface area contributed by atoms with Crippen molar-refractivity contribution in [3.63, 3.8) is 0 Å². The van der Waals surface area contributed by atoms with E-state index in [1.54, 1.807) is 11.8 Å². The number of amides is 1. The first kappa shape index (κ1) is 22.0. The smallest absolute Gasteiger partial charge is 0.261 e. The number of methoxy groups -OCH3 is 1. The van der Waals surface area contributed by atoms with E-state index in [1.807, 2.05) is 0 Å². The van der Waals surface area contributed by atoms with Crippen molar-refractivity contribution in [1.82, 2.24) is 14.5 Å². The molecule has 1 N–H and O–H groups in total. The zero-order valence-corrected chi connectivity index (χ0v) is 19.0. The number of carbonyl (C=O) groups is 1. The van der Waals surface area contributed by atoms with Crippen LogP contribution >= 0.6 is 23.1 Å². The Balaban J connectivity index is 1.80. The Morgan fingerprint density at radius 1 is 1.31 bits per heavy atom. The Morgan fingerprint density at radius 2 is 2.03 bits per heavy atom. The molecule has 0 bridgehead atoms. The normalized spacial score (nSPS) is 15.0. The molecule has 158 valence electrons. The molecule has 11 heteroatoms. The van der Waals surface area contributed by atoms with Crippen molar-refractivity contribution in [2.75, 3.05) is 31.3 Å². The fourth-order valence-electron chi connectivity index (χ4n) is 2.82. The topological polar surface area (TPSA) is 101 Å². The Bertz CT molecular complexity index is 969. The summed E-state index contributed by atoms with van der Waals surface area (Å²) in [4.78, 5) is 12.9. The monoisotopic (exact) mass is 456 g/mol. The standard InChI is InChI=1S/C18H24N4O4S3/c1-12(2)11-27-18-21-20-17(28-18)19-16(23)14-10-13(6-7-15(14)26-3)29(24,25)22-8-4-5-9-22/h6-7,10,12H,4-5,8-9,11H2,1-3H3,(H,19,20,23). The van der Waals surface area contributed by atoms with Crippen molar-refractivity contribution in [3.05, 3.63) is 23.8 Å². The zero-order chi connectivity index (χ0) is 21.0. The van der Waals surface area contributed by atoms with Gasteiger partial charge >= 0.3 is 0 Å². The minimum atomic E-state index is -3.63. The summed E-state index contributed by atoms with van der Waals surface area (Å²) in [7, 11) is -2.20. The van der Waals surface area contributed by atoms with Gasteiger partial charge in [-0.1, -0.05) is 36.9 Å². The summed E-state index contributed by atoms with van der Waals surface area (Å²) in [5.74, 6) is 1.23. The number of benzene rings is 1. The first-order chi connectivity index (χ1) is 13.8. The number of aromatic nitrogens is 2. The summed E-state index contributed by atoms with van der Waals surface area (Å²) in [5, 5.41) is 11.1. The molecule has 1 aliphatic heterocycles. The third-order valence-electron chi connectivity index (χ3n) is 4.29. The number of carbonyl (C=O) groups excluding carboxylic acids is 1. The number of nitrogens with one attached hydrogen (secondary N) is 1. The van der Waals surface area contributed by atoms with Crippen molar-refractivity contribution in [3.8, 4) is 5.75 Å². The van der Waals surface area contributed by atoms with Crippen LogP contribution in [0.25, 0.3) is 0 Å². The number of ether oxygens (including phenoxy) is 1. The molecule has 1 aromatic carbocycles. The van der Waals surface area contributed by atoms with Crippen LogP contribution in [0, 0.1) is 5.92 Å². The van der Waals surface area contributed by atoms with E-state index in [0.29, 0.717) is 29.9 Å². The van der Waals surface area contributed by atoms with Crippen LogP contribution in [0.15, 0.2) is 27.4 Å². The van der Waals surface area contributed by atoms with Gasteiger partial charge in [-0.3, -0.25) is 10.1 Å². The van der Waals surface area contributed by atoms with Crippen LogP contribution in [0.4, 0.5) is 5.13 Å². The van der Waals surface area contributed by atoms with Gasteiger partial charge in [0.15, 0.2) is 4.34 Å². The fourth-order valence-corrected chi connectivity index (χ4v) is 6.09. The quantitative estimate of drug-likeness (QED) is 0.480. The highest BCUT2D eigenvalue weighted by atomic mass is 32.2. The molecule has 0 atom stereocenters. The van der Waals surface area contributed by atoms with Gasteiger partial charge < -0.3 is 4.74 Å². The largest absolute Gasteiger partial charge is 0.496 e. The summed E-state index contributed by atoms with van der Waals surface area (Å²) in [6.07, 6.45) is 1.69. The third kappa shape index (κ3) is 5.27. The summed E-state index contributed by atoms with van der Waals surface area (Å²) in [5.41, 5.74) is 0.138. The highest BCUT2D eigenvalue weighted by molar-refractivity contribution is 8.01. The molecule has 0 radical (unpaired) electrons. The van der Waals surface area contributed by atoms with Crippen molar-refractivity contribution in [1.29, 1.82) is 0 Å². The number of thioether (sulfide) groups is 1. The van der Waals surface area contributed by atoms with Crippen molar-refractivity contribution in [2.24, 2.45) is 5.92 Å². The third-order valence-corrected chi connectivity index (χ3v) is 8.58. The van der Waals surface area contributed by atoms with E-state index < -0.39 is 15.9 Å². The molecule has 1 aliphatic rings. The van der Waals surface area contributed by atoms with Gasteiger partial charge in [-0.25, -0.2) is 8.42 Å². The van der Waals surface area contributed by atoms with Gasteiger partial charge in [0.1, 0.15) is 5.75 Å². The van der Waals surface area contributed by atoms with Crippen LogP contribution in [0.1, 0.15) is 37.0 Å². The fraction of sp³-hybridized carbons (Fsp3) is 0.500. The van der Waals surface area contributed by atoms with Gasteiger partial charge in [0.2, 0.25) is 15.2 Å². The SMILES string of the molecule is COc1ccc(S(=O)(=O)N2CCCC2)cc1C(=O)Nc1nnc(SCC(C)C)s1. The van der Waals surface area contributed by atoms with E-state index in [4.69, 9.17) is 4.74 Å². The maximum atomic E-state index is 12.8. The lowest BCUT2D eigenvalue weighted by Crippen LogP contribution is -2.28. The van der Waals surface area contributed by atoms with Gasteiger partial charge in [-0.15, -0.1) is 10.2 Å².